The molecule has 134 valence electrons. The second-order valence-electron chi connectivity index (χ2n) is 5.35. The summed E-state index contributed by atoms with van der Waals surface area (Å²) in [5.41, 5.74) is 1.73. The highest BCUT2D eigenvalue weighted by molar-refractivity contribution is 6.32. The number of anilines is 2. The maximum atomic E-state index is 12.1. The van der Waals surface area contributed by atoms with E-state index in [1.165, 1.54) is 0 Å². The highest BCUT2D eigenvalue weighted by Crippen LogP contribution is 2.37. The molecule has 0 saturated heterocycles. The fourth-order valence-electron chi connectivity index (χ4n) is 2.22. The highest BCUT2D eigenvalue weighted by Gasteiger charge is 2.12. The van der Waals surface area contributed by atoms with Crippen LogP contribution < -0.4 is 20.1 Å². The quantitative estimate of drug-likeness (QED) is 0.693. The predicted octanol–water partition coefficient (Wildman–Crippen LogP) is 4.03. The van der Waals surface area contributed by atoms with E-state index in [4.69, 9.17) is 21.1 Å². The van der Waals surface area contributed by atoms with Gasteiger partial charge in [0, 0.05) is 30.6 Å². The van der Waals surface area contributed by atoms with Gasteiger partial charge in [-0.1, -0.05) is 24.9 Å². The van der Waals surface area contributed by atoms with Gasteiger partial charge >= 0.3 is 0 Å². The molecule has 0 bridgehead atoms. The van der Waals surface area contributed by atoms with Crippen molar-refractivity contribution in [1.82, 2.24) is 10.3 Å². The van der Waals surface area contributed by atoms with Gasteiger partial charge in [-0.05, 0) is 18.6 Å². The summed E-state index contributed by atoms with van der Waals surface area (Å²) < 4.78 is 10.6. The molecule has 0 spiro atoms. The molecule has 0 atom stereocenters. The van der Waals surface area contributed by atoms with Crippen LogP contribution in [0.1, 0.15) is 30.3 Å². The Bertz CT molecular complexity index is 738. The van der Waals surface area contributed by atoms with Gasteiger partial charge in [-0.25, -0.2) is 0 Å². The lowest BCUT2D eigenvalue weighted by Crippen LogP contribution is -2.25. The van der Waals surface area contributed by atoms with Crippen LogP contribution in [0.25, 0.3) is 0 Å². The SMILES string of the molecule is CCCCNC(=O)c1cc(Nc2cc(OC)c(Cl)cc2OC)ccn1. The Morgan fingerprint density at radius 2 is 1.96 bits per heavy atom. The van der Waals surface area contributed by atoms with E-state index in [0.717, 1.165) is 12.8 Å². The summed E-state index contributed by atoms with van der Waals surface area (Å²) in [5.74, 6) is 0.894. The summed E-state index contributed by atoms with van der Waals surface area (Å²) in [7, 11) is 3.10. The van der Waals surface area contributed by atoms with Gasteiger partial charge in [0.1, 0.15) is 17.2 Å². The molecular formula is C18H22ClN3O3. The monoisotopic (exact) mass is 363 g/mol. The van der Waals surface area contributed by atoms with E-state index in [1.54, 1.807) is 44.7 Å². The topological polar surface area (TPSA) is 72.5 Å². The minimum absolute atomic E-state index is 0.197. The van der Waals surface area contributed by atoms with Crippen molar-refractivity contribution in [1.29, 1.82) is 0 Å². The summed E-state index contributed by atoms with van der Waals surface area (Å²) in [6, 6.07) is 6.86. The van der Waals surface area contributed by atoms with Crippen molar-refractivity contribution in [3.8, 4) is 11.5 Å². The fourth-order valence-corrected chi connectivity index (χ4v) is 2.45. The normalized spacial score (nSPS) is 10.2. The van der Waals surface area contributed by atoms with Crippen molar-refractivity contribution in [3.63, 3.8) is 0 Å². The lowest BCUT2D eigenvalue weighted by atomic mass is 10.2. The maximum absolute atomic E-state index is 12.1. The van der Waals surface area contributed by atoms with Crippen LogP contribution >= 0.6 is 11.6 Å². The number of methoxy groups -OCH3 is 2. The molecule has 1 amide bonds. The van der Waals surface area contributed by atoms with Crippen LogP contribution in [0, 0.1) is 0 Å². The standard InChI is InChI=1S/C18H22ClN3O3/c1-4-5-7-21-18(23)15-9-12(6-8-20-15)22-14-11-16(24-2)13(19)10-17(14)25-3/h6,8-11H,4-5,7H2,1-3H3,(H,20,22)(H,21,23). The molecule has 2 N–H and O–H groups in total. The van der Waals surface area contributed by atoms with E-state index in [1.807, 2.05) is 0 Å². The number of rotatable bonds is 8. The summed E-state index contributed by atoms with van der Waals surface area (Å²) in [5, 5.41) is 6.51. The van der Waals surface area contributed by atoms with E-state index in [2.05, 4.69) is 22.5 Å². The van der Waals surface area contributed by atoms with Gasteiger partial charge in [-0.3, -0.25) is 9.78 Å². The molecule has 0 unspecified atom stereocenters. The first-order valence-electron chi connectivity index (χ1n) is 8.01. The molecule has 0 saturated carbocycles. The molecule has 0 aliphatic heterocycles. The molecule has 1 aromatic heterocycles. The molecule has 1 aromatic carbocycles. The number of carbonyl (C=O) groups excluding carboxylic acids is 1. The molecule has 7 heteroatoms. The number of ether oxygens (including phenoxy) is 2. The van der Waals surface area contributed by atoms with Gasteiger partial charge in [0.15, 0.2) is 0 Å². The number of hydrogen-bond acceptors (Lipinski definition) is 5. The first-order chi connectivity index (χ1) is 12.1. The first-order valence-corrected chi connectivity index (χ1v) is 8.39. The molecule has 25 heavy (non-hydrogen) atoms. The number of nitrogens with one attached hydrogen (secondary N) is 2. The Kier molecular flexibility index (Phi) is 6.89. The highest BCUT2D eigenvalue weighted by atomic mass is 35.5. The van der Waals surface area contributed by atoms with Crippen LogP contribution in [-0.4, -0.2) is 31.7 Å². The molecule has 6 nitrogen and oxygen atoms in total. The van der Waals surface area contributed by atoms with Crippen LogP contribution in [0.2, 0.25) is 5.02 Å². The number of amides is 1. The zero-order chi connectivity index (χ0) is 18.2. The van der Waals surface area contributed by atoms with Crippen molar-refractivity contribution in [2.24, 2.45) is 0 Å². The third kappa shape index (κ3) is 5.00. The zero-order valence-electron chi connectivity index (χ0n) is 14.6. The molecular weight excluding hydrogens is 342 g/mol. The van der Waals surface area contributed by atoms with Gasteiger partial charge in [-0.2, -0.15) is 0 Å². The van der Waals surface area contributed by atoms with Gasteiger partial charge < -0.3 is 20.1 Å². The third-order valence-corrected chi connectivity index (χ3v) is 3.86. The van der Waals surface area contributed by atoms with Gasteiger partial charge in [0.25, 0.3) is 5.91 Å². The molecule has 2 rings (SSSR count). The van der Waals surface area contributed by atoms with Gasteiger partial charge in [-0.15, -0.1) is 0 Å². The second kappa shape index (κ2) is 9.13. The van der Waals surface area contributed by atoms with Gasteiger partial charge in [0.2, 0.25) is 0 Å². The average Bonchev–Trinajstić information content (AvgIpc) is 2.63. The van der Waals surface area contributed by atoms with Crippen molar-refractivity contribution >= 4 is 28.9 Å². The number of nitrogens with zero attached hydrogens (tertiary/aromatic N) is 1. The molecule has 0 radical (unpaired) electrons. The molecule has 0 aliphatic rings. The number of aromatic nitrogens is 1. The third-order valence-electron chi connectivity index (χ3n) is 3.56. The molecule has 2 aromatic rings. The Morgan fingerprint density at radius 3 is 2.64 bits per heavy atom. The molecule has 0 aliphatic carbocycles. The lowest BCUT2D eigenvalue weighted by Gasteiger charge is -2.14. The van der Waals surface area contributed by atoms with E-state index < -0.39 is 0 Å². The number of carbonyl (C=O) groups is 1. The van der Waals surface area contributed by atoms with Crippen molar-refractivity contribution in [2.75, 3.05) is 26.1 Å². The van der Waals surface area contributed by atoms with Crippen LogP contribution in [0.15, 0.2) is 30.5 Å². The predicted molar refractivity (Wildman–Crippen MR) is 99.3 cm³/mol. The van der Waals surface area contributed by atoms with E-state index in [-0.39, 0.29) is 5.91 Å². The zero-order valence-corrected chi connectivity index (χ0v) is 15.3. The Labute approximate surface area is 152 Å². The average molecular weight is 364 g/mol. The van der Waals surface area contributed by atoms with Crippen LogP contribution in [0.4, 0.5) is 11.4 Å². The number of pyridine rings is 1. The van der Waals surface area contributed by atoms with Crippen molar-refractivity contribution in [3.05, 3.63) is 41.2 Å². The molecule has 1 heterocycles. The smallest absolute Gasteiger partial charge is 0.269 e. The first kappa shape index (κ1) is 18.9. The summed E-state index contributed by atoms with van der Waals surface area (Å²) in [4.78, 5) is 16.2. The van der Waals surface area contributed by atoms with Gasteiger partial charge in [0.05, 0.1) is 24.9 Å². The second-order valence-corrected chi connectivity index (χ2v) is 5.76. The minimum Gasteiger partial charge on any atom is -0.495 e. The van der Waals surface area contributed by atoms with E-state index in [0.29, 0.717) is 40.1 Å². The van der Waals surface area contributed by atoms with Crippen molar-refractivity contribution < 1.29 is 14.3 Å². The van der Waals surface area contributed by atoms with Crippen LogP contribution in [0.3, 0.4) is 0 Å². The minimum atomic E-state index is -0.197. The number of benzene rings is 1. The summed E-state index contributed by atoms with van der Waals surface area (Å²) >= 11 is 6.11. The van der Waals surface area contributed by atoms with Crippen molar-refractivity contribution in [2.45, 2.75) is 19.8 Å². The van der Waals surface area contributed by atoms with Crippen LogP contribution in [0.5, 0.6) is 11.5 Å². The largest absolute Gasteiger partial charge is 0.495 e. The fraction of sp³-hybridized carbons (Fsp3) is 0.333. The lowest BCUT2D eigenvalue weighted by molar-refractivity contribution is 0.0948. The maximum Gasteiger partial charge on any atom is 0.269 e. The molecule has 0 fully saturated rings. The van der Waals surface area contributed by atoms with E-state index >= 15 is 0 Å². The van der Waals surface area contributed by atoms with E-state index in [9.17, 15) is 4.79 Å². The number of halogens is 1. The summed E-state index contributed by atoms with van der Waals surface area (Å²) in [6.07, 6.45) is 3.54. The Balaban J connectivity index is 2.20. The number of hydrogen-bond donors (Lipinski definition) is 2. The van der Waals surface area contributed by atoms with Crippen LogP contribution in [-0.2, 0) is 0 Å². The number of unbranched alkanes of at least 4 members (excludes halogenated alkanes) is 1. The summed E-state index contributed by atoms with van der Waals surface area (Å²) in [6.45, 7) is 2.71. The Morgan fingerprint density at radius 1 is 1.20 bits per heavy atom. The Hall–Kier alpha value is -2.47.